The van der Waals surface area contributed by atoms with Gasteiger partial charge in [0.25, 0.3) is 5.91 Å². The van der Waals surface area contributed by atoms with Crippen LogP contribution in [0.2, 0.25) is 5.02 Å². The van der Waals surface area contributed by atoms with Gasteiger partial charge in [-0.15, -0.1) is 0 Å². The Morgan fingerprint density at radius 2 is 2.16 bits per heavy atom. The molecule has 0 fully saturated rings. The first kappa shape index (κ1) is 13.1. The summed E-state index contributed by atoms with van der Waals surface area (Å²) in [7, 11) is 0. The molecule has 1 heterocycles. The average molecular weight is 281 g/mol. The van der Waals surface area contributed by atoms with Gasteiger partial charge in [-0.25, -0.2) is 4.79 Å². The molecule has 0 spiro atoms. The Labute approximate surface area is 113 Å². The second-order valence-electron chi connectivity index (χ2n) is 3.77. The second-order valence-corrected chi connectivity index (χ2v) is 4.15. The molecule has 2 aromatic rings. The van der Waals surface area contributed by atoms with Crippen LogP contribution in [0.25, 0.3) is 0 Å². The number of hydrogen-bond donors (Lipinski definition) is 2. The topological polar surface area (TPSA) is 92.4 Å². The van der Waals surface area contributed by atoms with Crippen molar-refractivity contribution in [3.63, 3.8) is 0 Å². The van der Waals surface area contributed by atoms with Gasteiger partial charge in [-0.05, 0) is 18.6 Å². The molecule has 1 aromatic heterocycles. The Bertz CT molecular complexity index is 651. The van der Waals surface area contributed by atoms with Crippen LogP contribution in [0, 0.1) is 6.92 Å². The minimum absolute atomic E-state index is 0.130. The highest BCUT2D eigenvalue weighted by atomic mass is 35.5. The third-order valence-corrected chi connectivity index (χ3v) is 2.90. The number of carboxylic acid groups (broad SMARTS) is 1. The van der Waals surface area contributed by atoms with E-state index in [9.17, 15) is 9.59 Å². The third kappa shape index (κ3) is 2.74. The van der Waals surface area contributed by atoms with Crippen molar-refractivity contribution in [2.45, 2.75) is 6.92 Å². The van der Waals surface area contributed by atoms with Gasteiger partial charge in [0.1, 0.15) is 0 Å². The van der Waals surface area contributed by atoms with Gasteiger partial charge in [0, 0.05) is 6.07 Å². The van der Waals surface area contributed by atoms with Crippen LogP contribution in [-0.2, 0) is 0 Å². The molecule has 0 aliphatic rings. The number of amides is 1. The van der Waals surface area contributed by atoms with Crippen LogP contribution in [-0.4, -0.2) is 22.1 Å². The molecular weight excluding hydrogens is 272 g/mol. The summed E-state index contributed by atoms with van der Waals surface area (Å²) >= 11 is 6.03. The van der Waals surface area contributed by atoms with Gasteiger partial charge >= 0.3 is 5.97 Å². The van der Waals surface area contributed by atoms with Gasteiger partial charge in [0.05, 0.1) is 10.7 Å². The number of aromatic nitrogens is 1. The van der Waals surface area contributed by atoms with E-state index in [1.807, 2.05) is 0 Å². The van der Waals surface area contributed by atoms with Crippen LogP contribution in [0.4, 0.5) is 5.69 Å². The Hall–Kier alpha value is -2.34. The van der Waals surface area contributed by atoms with E-state index in [2.05, 4.69) is 15.0 Å². The summed E-state index contributed by atoms with van der Waals surface area (Å²) in [6.07, 6.45) is 0. The van der Waals surface area contributed by atoms with Crippen molar-refractivity contribution >= 4 is 29.2 Å². The van der Waals surface area contributed by atoms with Crippen LogP contribution in [0.1, 0.15) is 26.6 Å². The van der Waals surface area contributed by atoms with Crippen molar-refractivity contribution in [2.24, 2.45) is 0 Å². The standard InChI is InChI=1S/C12H9ClN2O4/c1-6-3-2-4-7(10(6)13)14-11(16)8-5-9(12(17)18)19-15-8/h2-5H,1H3,(H,14,16)(H,17,18). The SMILES string of the molecule is Cc1cccc(NC(=O)c2cc(C(=O)O)on2)c1Cl. The lowest BCUT2D eigenvalue weighted by Gasteiger charge is -2.06. The third-order valence-electron chi connectivity index (χ3n) is 2.39. The zero-order valence-corrected chi connectivity index (χ0v) is 10.6. The first-order chi connectivity index (χ1) is 8.99. The van der Waals surface area contributed by atoms with Gasteiger partial charge < -0.3 is 14.9 Å². The molecule has 2 N–H and O–H groups in total. The number of rotatable bonds is 3. The van der Waals surface area contributed by atoms with E-state index in [0.717, 1.165) is 11.6 Å². The first-order valence-corrected chi connectivity index (χ1v) is 5.63. The van der Waals surface area contributed by atoms with Gasteiger partial charge in [-0.3, -0.25) is 4.79 Å². The van der Waals surface area contributed by atoms with Crippen molar-refractivity contribution in [3.8, 4) is 0 Å². The van der Waals surface area contributed by atoms with E-state index in [1.54, 1.807) is 25.1 Å². The van der Waals surface area contributed by atoms with Gasteiger partial charge in [-0.2, -0.15) is 0 Å². The van der Waals surface area contributed by atoms with Crippen molar-refractivity contribution in [2.75, 3.05) is 5.32 Å². The van der Waals surface area contributed by atoms with Gasteiger partial charge in [0.2, 0.25) is 5.76 Å². The number of aryl methyl sites for hydroxylation is 1. The summed E-state index contributed by atoms with van der Waals surface area (Å²) in [6, 6.07) is 6.21. The van der Waals surface area contributed by atoms with E-state index in [0.29, 0.717) is 10.7 Å². The minimum Gasteiger partial charge on any atom is -0.475 e. The summed E-state index contributed by atoms with van der Waals surface area (Å²) in [5.41, 5.74) is 1.10. The molecule has 0 aliphatic heterocycles. The van der Waals surface area contributed by atoms with Crippen molar-refractivity contribution < 1.29 is 19.2 Å². The number of carboxylic acids is 1. The summed E-state index contributed by atoms with van der Waals surface area (Å²) in [5, 5.41) is 15.0. The average Bonchev–Trinajstić information content (AvgIpc) is 2.84. The predicted octanol–water partition coefficient (Wildman–Crippen LogP) is 2.59. The van der Waals surface area contributed by atoms with Crippen LogP contribution in [0.15, 0.2) is 28.8 Å². The highest BCUT2D eigenvalue weighted by Gasteiger charge is 2.17. The van der Waals surface area contributed by atoms with Crippen LogP contribution in [0.5, 0.6) is 0 Å². The summed E-state index contributed by atoms with van der Waals surface area (Å²) < 4.78 is 4.50. The number of aromatic carboxylic acids is 1. The molecule has 98 valence electrons. The van der Waals surface area contributed by atoms with Crippen molar-refractivity contribution in [1.29, 1.82) is 0 Å². The molecule has 19 heavy (non-hydrogen) atoms. The molecule has 1 aromatic carbocycles. The summed E-state index contributed by atoms with van der Waals surface area (Å²) in [4.78, 5) is 22.4. The summed E-state index contributed by atoms with van der Waals surface area (Å²) in [5.74, 6) is -2.29. The predicted molar refractivity (Wildman–Crippen MR) is 67.6 cm³/mol. The first-order valence-electron chi connectivity index (χ1n) is 5.25. The Morgan fingerprint density at radius 1 is 1.42 bits per heavy atom. The zero-order valence-electron chi connectivity index (χ0n) is 9.81. The fourth-order valence-corrected chi connectivity index (χ4v) is 1.59. The van der Waals surface area contributed by atoms with Gasteiger partial charge in [0.15, 0.2) is 5.69 Å². The van der Waals surface area contributed by atoms with Gasteiger partial charge in [-0.1, -0.05) is 28.9 Å². The van der Waals surface area contributed by atoms with E-state index in [4.69, 9.17) is 16.7 Å². The van der Waals surface area contributed by atoms with Crippen molar-refractivity contribution in [3.05, 3.63) is 46.3 Å². The summed E-state index contributed by atoms with van der Waals surface area (Å²) in [6.45, 7) is 1.80. The number of carbonyl (C=O) groups excluding carboxylic acids is 1. The fourth-order valence-electron chi connectivity index (χ4n) is 1.41. The fraction of sp³-hybridized carbons (Fsp3) is 0.0833. The number of nitrogens with zero attached hydrogens (tertiary/aromatic N) is 1. The lowest BCUT2D eigenvalue weighted by atomic mass is 10.2. The molecule has 0 aliphatic carbocycles. The Kier molecular flexibility index (Phi) is 3.52. The highest BCUT2D eigenvalue weighted by molar-refractivity contribution is 6.34. The molecular formula is C12H9ClN2O4. The number of hydrogen-bond acceptors (Lipinski definition) is 4. The Balaban J connectivity index is 2.21. The molecule has 1 amide bonds. The maximum Gasteiger partial charge on any atom is 0.374 e. The number of halogens is 1. The molecule has 0 unspecified atom stereocenters. The molecule has 0 bridgehead atoms. The Morgan fingerprint density at radius 3 is 2.79 bits per heavy atom. The minimum atomic E-state index is -1.29. The van der Waals surface area contributed by atoms with Crippen molar-refractivity contribution in [1.82, 2.24) is 5.16 Å². The van der Waals surface area contributed by atoms with E-state index in [1.165, 1.54) is 0 Å². The van der Waals surface area contributed by atoms with Crippen LogP contribution >= 0.6 is 11.6 Å². The smallest absolute Gasteiger partial charge is 0.374 e. The second kappa shape index (κ2) is 5.11. The number of carbonyl (C=O) groups is 2. The normalized spacial score (nSPS) is 10.2. The van der Waals surface area contributed by atoms with E-state index >= 15 is 0 Å². The lowest BCUT2D eigenvalue weighted by Crippen LogP contribution is -2.12. The molecule has 7 heteroatoms. The molecule has 0 atom stereocenters. The highest BCUT2D eigenvalue weighted by Crippen LogP contribution is 2.25. The quantitative estimate of drug-likeness (QED) is 0.901. The maximum atomic E-state index is 11.8. The van der Waals surface area contributed by atoms with Crippen LogP contribution < -0.4 is 5.32 Å². The molecule has 0 radical (unpaired) electrons. The molecule has 2 rings (SSSR count). The van der Waals surface area contributed by atoms with Crippen LogP contribution in [0.3, 0.4) is 0 Å². The largest absolute Gasteiger partial charge is 0.475 e. The maximum absolute atomic E-state index is 11.8. The van der Waals surface area contributed by atoms with E-state index < -0.39 is 17.6 Å². The number of anilines is 1. The van der Waals surface area contributed by atoms with E-state index in [-0.39, 0.29) is 5.69 Å². The lowest BCUT2D eigenvalue weighted by molar-refractivity contribution is 0.0651. The molecule has 6 nitrogen and oxygen atoms in total. The number of benzene rings is 1. The molecule has 0 saturated carbocycles. The monoisotopic (exact) mass is 280 g/mol. The number of nitrogens with one attached hydrogen (secondary N) is 1. The zero-order chi connectivity index (χ0) is 14.0. The molecule has 0 saturated heterocycles.